The Morgan fingerprint density at radius 2 is 1.95 bits per heavy atom. The molecule has 0 unspecified atom stereocenters. The Kier molecular flexibility index (Phi) is 3.82. The van der Waals surface area contributed by atoms with Crippen molar-refractivity contribution in [3.05, 3.63) is 5.82 Å². The van der Waals surface area contributed by atoms with Crippen LogP contribution in [-0.4, -0.2) is 43.2 Å². The molecule has 2 rings (SSSR count). The van der Waals surface area contributed by atoms with Gasteiger partial charge in [-0.25, -0.2) is 4.68 Å². The van der Waals surface area contributed by atoms with Crippen LogP contribution in [0.15, 0.2) is 0 Å². The lowest BCUT2D eigenvalue weighted by Crippen LogP contribution is -2.62. The molecule has 1 aromatic rings. The van der Waals surface area contributed by atoms with Crippen molar-refractivity contribution >= 4 is 5.91 Å². The van der Waals surface area contributed by atoms with Crippen LogP contribution in [0.4, 0.5) is 0 Å². The van der Waals surface area contributed by atoms with Gasteiger partial charge in [-0.2, -0.15) is 0 Å². The van der Waals surface area contributed by atoms with Crippen molar-refractivity contribution in [3.8, 4) is 0 Å². The first kappa shape index (κ1) is 14.9. The molecule has 1 aromatic heterocycles. The van der Waals surface area contributed by atoms with Gasteiger partial charge < -0.3 is 10.6 Å². The van der Waals surface area contributed by atoms with Gasteiger partial charge in [-0.15, -0.1) is 5.10 Å². The second kappa shape index (κ2) is 5.12. The Bertz CT molecular complexity index is 477. The molecule has 0 aliphatic carbocycles. The van der Waals surface area contributed by atoms with Crippen LogP contribution in [0.3, 0.4) is 0 Å². The van der Waals surface area contributed by atoms with E-state index in [0.29, 0.717) is 5.82 Å². The number of nitrogens with zero attached hydrogens (tertiary/aromatic N) is 4. The van der Waals surface area contributed by atoms with Crippen molar-refractivity contribution in [2.75, 3.05) is 0 Å². The summed E-state index contributed by atoms with van der Waals surface area (Å²) < 4.78 is 1.52. The molecule has 2 N–H and O–H groups in total. The van der Waals surface area contributed by atoms with Gasteiger partial charge in [0, 0.05) is 24.2 Å². The molecule has 1 aliphatic rings. The van der Waals surface area contributed by atoms with E-state index in [9.17, 15) is 4.79 Å². The van der Waals surface area contributed by atoms with Crippen molar-refractivity contribution in [2.24, 2.45) is 7.05 Å². The van der Waals surface area contributed by atoms with E-state index in [2.05, 4.69) is 53.9 Å². The summed E-state index contributed by atoms with van der Waals surface area (Å²) in [5.41, 5.74) is 0.0397. The van der Waals surface area contributed by atoms with Crippen molar-refractivity contribution < 1.29 is 4.79 Å². The highest BCUT2D eigenvalue weighted by Crippen LogP contribution is 2.28. The number of aryl methyl sites for hydroxylation is 1. The van der Waals surface area contributed by atoms with Crippen LogP contribution >= 0.6 is 0 Å². The fourth-order valence-corrected chi connectivity index (χ4v) is 3.24. The van der Waals surface area contributed by atoms with Crippen LogP contribution in [0.5, 0.6) is 0 Å². The number of hydrogen-bond acceptors (Lipinski definition) is 5. The third-order valence-electron chi connectivity index (χ3n) is 3.58. The maximum Gasteiger partial charge on any atom is 0.227 e. The summed E-state index contributed by atoms with van der Waals surface area (Å²) in [6.45, 7) is 8.67. The summed E-state index contributed by atoms with van der Waals surface area (Å²) in [4.78, 5) is 12.1. The Morgan fingerprint density at radius 3 is 2.45 bits per heavy atom. The maximum absolute atomic E-state index is 12.1. The van der Waals surface area contributed by atoms with E-state index in [1.165, 1.54) is 4.68 Å². The molecule has 7 nitrogen and oxygen atoms in total. The quantitative estimate of drug-likeness (QED) is 0.825. The molecule has 0 radical (unpaired) electrons. The number of carbonyl (C=O) groups is 1. The van der Waals surface area contributed by atoms with Gasteiger partial charge in [-0.1, -0.05) is 0 Å². The van der Waals surface area contributed by atoms with E-state index in [1.807, 2.05) is 0 Å². The fraction of sp³-hybridized carbons (Fsp3) is 0.846. The van der Waals surface area contributed by atoms with Gasteiger partial charge in [-0.3, -0.25) is 4.79 Å². The lowest BCUT2D eigenvalue weighted by Gasteiger charge is -2.46. The van der Waals surface area contributed by atoms with Gasteiger partial charge >= 0.3 is 0 Å². The number of rotatable bonds is 3. The number of carbonyl (C=O) groups excluding carboxylic acids is 1. The minimum atomic E-state index is -0.0265. The number of aromatic nitrogens is 4. The summed E-state index contributed by atoms with van der Waals surface area (Å²) in [7, 11) is 1.74. The average Bonchev–Trinajstić information content (AvgIpc) is 2.58. The van der Waals surface area contributed by atoms with E-state index in [4.69, 9.17) is 0 Å². The first-order chi connectivity index (χ1) is 9.17. The Balaban J connectivity index is 1.95. The van der Waals surface area contributed by atoms with Crippen molar-refractivity contribution in [1.29, 1.82) is 0 Å². The van der Waals surface area contributed by atoms with Gasteiger partial charge in [0.2, 0.25) is 5.91 Å². The summed E-state index contributed by atoms with van der Waals surface area (Å²) in [5.74, 6) is 0.552. The third kappa shape index (κ3) is 3.75. The zero-order valence-electron chi connectivity index (χ0n) is 12.9. The number of piperidine rings is 1. The molecule has 0 atom stereocenters. The molecule has 1 aliphatic heterocycles. The molecule has 0 bridgehead atoms. The lowest BCUT2D eigenvalue weighted by molar-refractivity contribution is -0.121. The topological polar surface area (TPSA) is 84.7 Å². The summed E-state index contributed by atoms with van der Waals surface area (Å²) in [6, 6.07) is 0.176. The molecule has 112 valence electrons. The number of amides is 1. The Hall–Kier alpha value is -1.50. The minimum Gasteiger partial charge on any atom is -0.353 e. The highest BCUT2D eigenvalue weighted by atomic mass is 16.1. The maximum atomic E-state index is 12.1. The lowest BCUT2D eigenvalue weighted by atomic mass is 9.79. The highest BCUT2D eigenvalue weighted by Gasteiger charge is 2.38. The molecule has 7 heteroatoms. The van der Waals surface area contributed by atoms with Crippen LogP contribution in [0, 0.1) is 0 Å². The SMILES string of the molecule is Cn1nnnc1CC(=O)NC1CC(C)(C)NC(C)(C)C1. The van der Waals surface area contributed by atoms with Gasteiger partial charge in [0.05, 0.1) is 6.42 Å². The molecule has 20 heavy (non-hydrogen) atoms. The molecule has 0 spiro atoms. The highest BCUT2D eigenvalue weighted by molar-refractivity contribution is 5.78. The largest absolute Gasteiger partial charge is 0.353 e. The van der Waals surface area contributed by atoms with Gasteiger partial charge in [-0.05, 0) is 51.0 Å². The zero-order valence-corrected chi connectivity index (χ0v) is 12.9. The van der Waals surface area contributed by atoms with Gasteiger partial charge in [0.15, 0.2) is 5.82 Å². The second-order valence-electron chi connectivity index (χ2n) is 6.96. The second-order valence-corrected chi connectivity index (χ2v) is 6.96. The molecular weight excluding hydrogens is 256 g/mol. The molecule has 0 saturated carbocycles. The van der Waals surface area contributed by atoms with E-state index >= 15 is 0 Å². The molecule has 0 aromatic carbocycles. The number of tetrazole rings is 1. The standard InChI is InChI=1S/C13H24N6O/c1-12(2)7-9(8-13(3,4)16-12)14-11(20)6-10-15-17-18-19(10)5/h9,16H,6-8H2,1-5H3,(H,14,20). The van der Waals surface area contributed by atoms with Crippen LogP contribution in [0.2, 0.25) is 0 Å². The van der Waals surface area contributed by atoms with E-state index < -0.39 is 0 Å². The van der Waals surface area contributed by atoms with E-state index in [0.717, 1.165) is 12.8 Å². The smallest absolute Gasteiger partial charge is 0.227 e. The van der Waals surface area contributed by atoms with Crippen molar-refractivity contribution in [1.82, 2.24) is 30.8 Å². The Labute approximate surface area is 119 Å². The molecular formula is C13H24N6O. The van der Waals surface area contributed by atoms with E-state index in [-0.39, 0.29) is 29.4 Å². The normalized spacial score (nSPS) is 21.6. The summed E-state index contributed by atoms with van der Waals surface area (Å²) in [6.07, 6.45) is 2.05. The molecule has 1 saturated heterocycles. The molecule has 2 heterocycles. The first-order valence-corrected chi connectivity index (χ1v) is 6.97. The first-order valence-electron chi connectivity index (χ1n) is 6.97. The Morgan fingerprint density at radius 1 is 1.35 bits per heavy atom. The average molecular weight is 280 g/mol. The predicted octanol–water partition coefficient (Wildman–Crippen LogP) is 0.178. The number of hydrogen-bond donors (Lipinski definition) is 2. The minimum absolute atomic E-state index is 0.0199. The van der Waals surface area contributed by atoms with Crippen LogP contribution in [-0.2, 0) is 18.3 Å². The van der Waals surface area contributed by atoms with Crippen LogP contribution in [0.1, 0.15) is 46.4 Å². The van der Waals surface area contributed by atoms with Crippen LogP contribution < -0.4 is 10.6 Å². The monoisotopic (exact) mass is 280 g/mol. The van der Waals surface area contributed by atoms with Gasteiger partial charge in [0.25, 0.3) is 0 Å². The van der Waals surface area contributed by atoms with Crippen molar-refractivity contribution in [2.45, 2.75) is 64.1 Å². The summed E-state index contributed by atoms with van der Waals surface area (Å²) >= 11 is 0. The van der Waals surface area contributed by atoms with E-state index in [1.54, 1.807) is 7.05 Å². The molecule has 1 fully saturated rings. The fourth-order valence-electron chi connectivity index (χ4n) is 3.24. The number of nitrogens with one attached hydrogen (secondary N) is 2. The third-order valence-corrected chi connectivity index (χ3v) is 3.58. The van der Waals surface area contributed by atoms with Crippen molar-refractivity contribution in [3.63, 3.8) is 0 Å². The zero-order chi connectivity index (χ0) is 15.0. The van der Waals surface area contributed by atoms with Gasteiger partial charge in [0.1, 0.15) is 0 Å². The predicted molar refractivity (Wildman–Crippen MR) is 75.0 cm³/mol. The summed E-state index contributed by atoms with van der Waals surface area (Å²) in [5, 5.41) is 17.8. The molecule has 1 amide bonds. The van der Waals surface area contributed by atoms with Crippen LogP contribution in [0.25, 0.3) is 0 Å².